The Bertz CT molecular complexity index is 300. The summed E-state index contributed by atoms with van der Waals surface area (Å²) < 4.78 is 0. The van der Waals surface area contributed by atoms with Gasteiger partial charge in [-0.15, -0.1) is 0 Å². The highest BCUT2D eigenvalue weighted by Gasteiger charge is 2.25. The summed E-state index contributed by atoms with van der Waals surface area (Å²) in [6.45, 7) is 0. The number of fused-ring (bicyclic) bond motifs is 2. The molecule has 0 aromatic heterocycles. The van der Waals surface area contributed by atoms with E-state index in [1.54, 1.807) is 6.08 Å². The molecular formula is C7H8N2O2. The van der Waals surface area contributed by atoms with E-state index in [-0.39, 0.29) is 16.8 Å². The second kappa shape index (κ2) is 2.32. The average molecular weight is 152 g/mol. The zero-order valence-corrected chi connectivity index (χ0v) is 5.91. The molecule has 0 radical (unpaired) electrons. The lowest BCUT2D eigenvalue weighted by Gasteiger charge is -1.89. The van der Waals surface area contributed by atoms with Gasteiger partial charge in [-0.1, -0.05) is 12.2 Å². The number of hydrogen-bond donors (Lipinski definition) is 1. The molecule has 0 unspecified atom stereocenters. The van der Waals surface area contributed by atoms with Gasteiger partial charge in [-0.2, -0.15) is 0 Å². The SMILES string of the molecule is N.O=[N+]([O-])C1=C2C=CC(=C1)C2. The predicted molar refractivity (Wildman–Crippen MR) is 40.9 cm³/mol. The van der Waals surface area contributed by atoms with Gasteiger partial charge in [0.15, 0.2) is 0 Å². The molecule has 2 rings (SSSR count). The van der Waals surface area contributed by atoms with Crippen LogP contribution < -0.4 is 6.15 Å². The van der Waals surface area contributed by atoms with Crippen LogP contribution >= 0.6 is 0 Å². The lowest BCUT2D eigenvalue weighted by molar-refractivity contribution is -0.419. The van der Waals surface area contributed by atoms with Crippen LogP contribution in [-0.4, -0.2) is 4.92 Å². The minimum Gasteiger partial charge on any atom is -0.344 e. The van der Waals surface area contributed by atoms with Crippen LogP contribution in [0.2, 0.25) is 0 Å². The summed E-state index contributed by atoms with van der Waals surface area (Å²) in [5, 5.41) is 10.3. The maximum atomic E-state index is 10.3. The van der Waals surface area contributed by atoms with Crippen molar-refractivity contribution in [1.82, 2.24) is 6.15 Å². The first-order valence-corrected chi connectivity index (χ1v) is 3.03. The van der Waals surface area contributed by atoms with Crippen LogP contribution in [-0.2, 0) is 0 Å². The number of hydrogen-bond acceptors (Lipinski definition) is 3. The van der Waals surface area contributed by atoms with E-state index in [1.165, 1.54) is 0 Å². The smallest absolute Gasteiger partial charge is 0.273 e. The van der Waals surface area contributed by atoms with E-state index < -0.39 is 0 Å². The average Bonchev–Trinajstić information content (AvgIpc) is 2.44. The van der Waals surface area contributed by atoms with Gasteiger partial charge in [0.1, 0.15) is 0 Å². The molecule has 0 fully saturated rings. The Morgan fingerprint density at radius 1 is 1.45 bits per heavy atom. The molecule has 0 atom stereocenters. The van der Waals surface area contributed by atoms with Gasteiger partial charge < -0.3 is 6.15 Å². The van der Waals surface area contributed by atoms with Crippen molar-refractivity contribution in [3.8, 4) is 0 Å². The fourth-order valence-electron chi connectivity index (χ4n) is 1.26. The molecule has 0 amide bonds. The first kappa shape index (κ1) is 7.68. The molecule has 0 saturated heterocycles. The Kier molecular flexibility index (Phi) is 1.62. The summed E-state index contributed by atoms with van der Waals surface area (Å²) in [6.07, 6.45) is 6.13. The molecule has 2 bridgehead atoms. The minimum atomic E-state index is -0.328. The Labute approximate surface area is 63.6 Å². The van der Waals surface area contributed by atoms with Gasteiger partial charge in [0.2, 0.25) is 0 Å². The van der Waals surface area contributed by atoms with E-state index in [4.69, 9.17) is 0 Å². The summed E-state index contributed by atoms with van der Waals surface area (Å²) in [4.78, 5) is 9.93. The van der Waals surface area contributed by atoms with E-state index in [1.807, 2.05) is 12.2 Å². The molecule has 58 valence electrons. The zero-order chi connectivity index (χ0) is 7.14. The molecule has 2 aliphatic carbocycles. The number of nitrogens with zero attached hydrogens (tertiary/aromatic N) is 1. The number of allylic oxidation sites excluding steroid dienone is 5. The van der Waals surface area contributed by atoms with E-state index in [9.17, 15) is 10.1 Å². The highest BCUT2D eigenvalue weighted by molar-refractivity contribution is 5.52. The summed E-state index contributed by atoms with van der Waals surface area (Å²) in [7, 11) is 0. The van der Waals surface area contributed by atoms with Crippen LogP contribution in [0.1, 0.15) is 6.42 Å². The second-order valence-corrected chi connectivity index (χ2v) is 2.40. The quantitative estimate of drug-likeness (QED) is 0.457. The summed E-state index contributed by atoms with van der Waals surface area (Å²) in [5.74, 6) is 0. The summed E-state index contributed by atoms with van der Waals surface area (Å²) in [5.41, 5.74) is 2.18. The second-order valence-electron chi connectivity index (χ2n) is 2.40. The van der Waals surface area contributed by atoms with E-state index >= 15 is 0 Å². The molecule has 0 aromatic rings. The van der Waals surface area contributed by atoms with Crippen molar-refractivity contribution >= 4 is 0 Å². The fourth-order valence-corrected chi connectivity index (χ4v) is 1.26. The monoisotopic (exact) mass is 152 g/mol. The van der Waals surface area contributed by atoms with Crippen molar-refractivity contribution in [2.45, 2.75) is 6.42 Å². The van der Waals surface area contributed by atoms with Gasteiger partial charge >= 0.3 is 0 Å². The van der Waals surface area contributed by atoms with Crippen molar-refractivity contribution in [3.63, 3.8) is 0 Å². The molecule has 0 spiro atoms. The largest absolute Gasteiger partial charge is 0.344 e. The maximum absolute atomic E-state index is 10.3. The third kappa shape index (κ3) is 0.969. The molecule has 0 heterocycles. The van der Waals surface area contributed by atoms with Crippen LogP contribution in [0.15, 0.2) is 35.1 Å². The molecule has 4 nitrogen and oxygen atoms in total. The molecule has 3 N–H and O–H groups in total. The maximum Gasteiger partial charge on any atom is 0.273 e. The molecular weight excluding hydrogens is 144 g/mol. The Hall–Kier alpha value is -1.42. The van der Waals surface area contributed by atoms with E-state index in [2.05, 4.69) is 0 Å². The third-order valence-corrected chi connectivity index (χ3v) is 1.74. The summed E-state index contributed by atoms with van der Waals surface area (Å²) in [6, 6.07) is 0. The first-order chi connectivity index (χ1) is 4.77. The molecule has 4 heteroatoms. The highest BCUT2D eigenvalue weighted by atomic mass is 16.6. The standard InChI is InChI=1S/C7H5NO2.H3N/c9-8(10)7-4-5-1-2-6(7)3-5;/h1-2,4H,3H2;1H3. The Morgan fingerprint density at radius 2 is 2.18 bits per heavy atom. The third-order valence-electron chi connectivity index (χ3n) is 1.74. The number of rotatable bonds is 1. The van der Waals surface area contributed by atoms with Gasteiger partial charge in [-0.25, -0.2) is 0 Å². The first-order valence-electron chi connectivity index (χ1n) is 3.03. The van der Waals surface area contributed by atoms with Crippen molar-refractivity contribution < 1.29 is 4.92 Å². The van der Waals surface area contributed by atoms with Crippen LogP contribution in [0.4, 0.5) is 0 Å². The highest BCUT2D eigenvalue weighted by Crippen LogP contribution is 2.33. The van der Waals surface area contributed by atoms with Crippen molar-refractivity contribution in [1.29, 1.82) is 0 Å². The van der Waals surface area contributed by atoms with Crippen LogP contribution in [0.25, 0.3) is 0 Å². The summed E-state index contributed by atoms with van der Waals surface area (Å²) >= 11 is 0. The number of nitro groups is 1. The normalized spacial score (nSPS) is 18.4. The lowest BCUT2D eigenvalue weighted by Crippen LogP contribution is -1.96. The molecule has 0 saturated carbocycles. The van der Waals surface area contributed by atoms with Gasteiger partial charge in [0, 0.05) is 18.1 Å². The van der Waals surface area contributed by atoms with Gasteiger partial charge in [0.05, 0.1) is 4.92 Å². The molecule has 0 aliphatic heterocycles. The van der Waals surface area contributed by atoms with E-state index in [0.717, 1.165) is 17.6 Å². The van der Waals surface area contributed by atoms with Crippen molar-refractivity contribution in [2.24, 2.45) is 0 Å². The van der Waals surface area contributed by atoms with Crippen LogP contribution in [0.5, 0.6) is 0 Å². The van der Waals surface area contributed by atoms with Gasteiger partial charge in [-0.05, 0) is 5.57 Å². The van der Waals surface area contributed by atoms with Crippen molar-refractivity contribution in [3.05, 3.63) is 45.2 Å². The Balaban J connectivity index is 0.000000605. The molecule has 2 aliphatic rings. The lowest BCUT2D eigenvalue weighted by atomic mass is 10.2. The van der Waals surface area contributed by atoms with Gasteiger partial charge in [-0.3, -0.25) is 10.1 Å². The predicted octanol–water partition coefficient (Wildman–Crippen LogP) is 1.58. The van der Waals surface area contributed by atoms with Gasteiger partial charge in [0.25, 0.3) is 5.70 Å². The molecule has 0 aromatic carbocycles. The molecule has 11 heavy (non-hydrogen) atoms. The van der Waals surface area contributed by atoms with E-state index in [0.29, 0.717) is 0 Å². The minimum absolute atomic E-state index is 0. The topological polar surface area (TPSA) is 78.1 Å². The fraction of sp³-hybridized carbons (Fsp3) is 0.143. The van der Waals surface area contributed by atoms with Crippen molar-refractivity contribution in [2.75, 3.05) is 0 Å². The van der Waals surface area contributed by atoms with Crippen LogP contribution in [0, 0.1) is 10.1 Å². The zero-order valence-electron chi connectivity index (χ0n) is 5.91. The van der Waals surface area contributed by atoms with Crippen LogP contribution in [0.3, 0.4) is 0 Å². The Morgan fingerprint density at radius 3 is 2.45 bits per heavy atom.